The Bertz CT molecular complexity index is 1040. The van der Waals surface area contributed by atoms with Gasteiger partial charge in [-0.15, -0.1) is 11.8 Å². The molecule has 3 unspecified atom stereocenters. The third-order valence-corrected chi connectivity index (χ3v) is 6.95. The first-order valence-electron chi connectivity index (χ1n) is 9.56. The summed E-state index contributed by atoms with van der Waals surface area (Å²) in [6, 6.07) is 14.0. The molecule has 2 heterocycles. The van der Waals surface area contributed by atoms with E-state index < -0.39 is 5.92 Å². The molecule has 2 aromatic carbocycles. The lowest BCUT2D eigenvalue weighted by Gasteiger charge is -2.35. The molecular formula is C21H21FN4O2S2. The summed E-state index contributed by atoms with van der Waals surface area (Å²) < 4.78 is 14.8. The standard InChI is InChI=1S/C21H21FN4O2S2/c1-12-14(10-18(27)25-21-24-16-8-4-5-9-17(16)30-21)19(28)26-20(23-12)29-11-13-6-2-3-7-15(13)22/h2-9,12,14,20,23H,10-11H2,1H3,(H,26,28)(H,24,25,27). The third-order valence-electron chi connectivity index (χ3n) is 4.94. The monoisotopic (exact) mass is 444 g/mol. The van der Waals surface area contributed by atoms with Crippen LogP contribution < -0.4 is 16.0 Å². The summed E-state index contributed by atoms with van der Waals surface area (Å²) in [5.41, 5.74) is 1.08. The second-order valence-electron chi connectivity index (χ2n) is 7.09. The van der Waals surface area contributed by atoms with Crippen LogP contribution in [0.5, 0.6) is 0 Å². The van der Waals surface area contributed by atoms with Crippen molar-refractivity contribution >= 4 is 50.3 Å². The fourth-order valence-corrected chi connectivity index (χ4v) is 5.28. The lowest BCUT2D eigenvalue weighted by Crippen LogP contribution is -2.59. The average Bonchev–Trinajstić information content (AvgIpc) is 3.12. The van der Waals surface area contributed by atoms with Gasteiger partial charge in [0.25, 0.3) is 0 Å². The number of halogens is 1. The van der Waals surface area contributed by atoms with Crippen molar-refractivity contribution in [3.8, 4) is 0 Å². The van der Waals surface area contributed by atoms with Crippen LogP contribution in [-0.4, -0.2) is 28.3 Å². The van der Waals surface area contributed by atoms with Crippen LogP contribution in [0.3, 0.4) is 0 Å². The van der Waals surface area contributed by atoms with Crippen molar-refractivity contribution in [3.63, 3.8) is 0 Å². The van der Waals surface area contributed by atoms with Gasteiger partial charge in [-0.2, -0.15) is 0 Å². The molecule has 30 heavy (non-hydrogen) atoms. The molecule has 0 bridgehead atoms. The third kappa shape index (κ3) is 4.80. The van der Waals surface area contributed by atoms with Crippen LogP contribution in [0.4, 0.5) is 9.52 Å². The van der Waals surface area contributed by atoms with Crippen molar-refractivity contribution < 1.29 is 14.0 Å². The van der Waals surface area contributed by atoms with E-state index in [1.54, 1.807) is 18.2 Å². The molecule has 4 rings (SSSR count). The summed E-state index contributed by atoms with van der Waals surface area (Å²) in [4.78, 5) is 29.5. The highest BCUT2D eigenvalue weighted by Crippen LogP contribution is 2.27. The molecule has 1 aliphatic rings. The van der Waals surface area contributed by atoms with Gasteiger partial charge in [0, 0.05) is 18.2 Å². The Morgan fingerprint density at radius 1 is 1.23 bits per heavy atom. The van der Waals surface area contributed by atoms with Gasteiger partial charge in [-0.1, -0.05) is 41.7 Å². The predicted octanol–water partition coefficient (Wildman–Crippen LogP) is 3.71. The Morgan fingerprint density at radius 2 is 2.00 bits per heavy atom. The summed E-state index contributed by atoms with van der Waals surface area (Å²) in [7, 11) is 0. The van der Waals surface area contributed by atoms with Gasteiger partial charge in [0.15, 0.2) is 5.13 Å². The molecule has 1 aromatic heterocycles. The van der Waals surface area contributed by atoms with Gasteiger partial charge in [0.2, 0.25) is 11.8 Å². The fraction of sp³-hybridized carbons (Fsp3) is 0.286. The zero-order valence-electron chi connectivity index (χ0n) is 16.2. The van der Waals surface area contributed by atoms with Crippen molar-refractivity contribution in [1.82, 2.24) is 15.6 Å². The summed E-state index contributed by atoms with van der Waals surface area (Å²) in [5.74, 6) is -0.763. The quantitative estimate of drug-likeness (QED) is 0.540. The zero-order chi connectivity index (χ0) is 21.1. The number of carbonyl (C=O) groups is 2. The number of benzene rings is 2. The molecule has 3 atom stereocenters. The summed E-state index contributed by atoms with van der Waals surface area (Å²) in [5, 5.41) is 9.49. The van der Waals surface area contributed by atoms with E-state index in [9.17, 15) is 14.0 Å². The van der Waals surface area contributed by atoms with Crippen molar-refractivity contribution in [2.45, 2.75) is 30.6 Å². The number of aromatic nitrogens is 1. The van der Waals surface area contributed by atoms with Gasteiger partial charge in [-0.05, 0) is 30.7 Å². The predicted molar refractivity (Wildman–Crippen MR) is 119 cm³/mol. The van der Waals surface area contributed by atoms with E-state index in [1.165, 1.54) is 29.2 Å². The van der Waals surface area contributed by atoms with Crippen molar-refractivity contribution in [3.05, 3.63) is 59.9 Å². The first kappa shape index (κ1) is 20.8. The minimum absolute atomic E-state index is 0.0562. The van der Waals surface area contributed by atoms with Gasteiger partial charge in [0.05, 0.1) is 16.1 Å². The van der Waals surface area contributed by atoms with E-state index in [0.717, 1.165) is 10.2 Å². The summed E-state index contributed by atoms with van der Waals surface area (Å²) in [6.45, 7) is 1.88. The molecule has 2 amide bonds. The maximum Gasteiger partial charge on any atom is 0.227 e. The van der Waals surface area contributed by atoms with Gasteiger partial charge in [0.1, 0.15) is 11.3 Å². The number of hydrogen-bond donors (Lipinski definition) is 3. The Morgan fingerprint density at radius 3 is 2.77 bits per heavy atom. The number of amides is 2. The SMILES string of the molecule is CC1NC(SCc2ccccc2F)NC(=O)C1CC(=O)Nc1nc2ccccc2s1. The Kier molecular flexibility index (Phi) is 6.31. The number of carbonyl (C=O) groups excluding carboxylic acids is 2. The van der Waals surface area contributed by atoms with E-state index in [-0.39, 0.29) is 35.6 Å². The second kappa shape index (κ2) is 9.11. The van der Waals surface area contributed by atoms with Gasteiger partial charge >= 0.3 is 0 Å². The lowest BCUT2D eigenvalue weighted by molar-refractivity contribution is -0.131. The van der Waals surface area contributed by atoms with Crippen LogP contribution in [-0.2, 0) is 15.3 Å². The van der Waals surface area contributed by atoms with E-state index in [4.69, 9.17) is 0 Å². The molecule has 1 aliphatic heterocycles. The van der Waals surface area contributed by atoms with Crippen molar-refractivity contribution in [2.24, 2.45) is 5.92 Å². The van der Waals surface area contributed by atoms with Crippen LogP contribution in [0.25, 0.3) is 10.2 Å². The van der Waals surface area contributed by atoms with Crippen LogP contribution >= 0.6 is 23.1 Å². The largest absolute Gasteiger partial charge is 0.331 e. The molecule has 0 saturated carbocycles. The normalized spacial score (nSPS) is 21.4. The molecular weight excluding hydrogens is 423 g/mol. The fourth-order valence-electron chi connectivity index (χ4n) is 3.30. The minimum Gasteiger partial charge on any atom is -0.331 e. The zero-order valence-corrected chi connectivity index (χ0v) is 17.9. The van der Waals surface area contributed by atoms with Gasteiger partial charge in [-0.3, -0.25) is 14.9 Å². The molecule has 156 valence electrons. The highest BCUT2D eigenvalue weighted by Gasteiger charge is 2.35. The maximum absolute atomic E-state index is 13.8. The van der Waals surface area contributed by atoms with Crippen molar-refractivity contribution in [1.29, 1.82) is 0 Å². The topological polar surface area (TPSA) is 83.1 Å². The molecule has 1 fully saturated rings. The van der Waals surface area contributed by atoms with Crippen LogP contribution in [0.15, 0.2) is 48.5 Å². The summed E-state index contributed by atoms with van der Waals surface area (Å²) in [6.07, 6.45) is 0.0562. The van der Waals surface area contributed by atoms with Gasteiger partial charge in [-0.25, -0.2) is 9.37 Å². The number of anilines is 1. The van der Waals surface area contributed by atoms with Crippen LogP contribution in [0, 0.1) is 11.7 Å². The maximum atomic E-state index is 13.8. The number of thiazole rings is 1. The smallest absolute Gasteiger partial charge is 0.227 e. The minimum atomic E-state index is -0.496. The lowest BCUT2D eigenvalue weighted by atomic mass is 9.94. The molecule has 0 aliphatic carbocycles. The molecule has 0 spiro atoms. The number of rotatable bonds is 6. The van der Waals surface area contributed by atoms with Crippen LogP contribution in [0.1, 0.15) is 18.9 Å². The molecule has 1 saturated heterocycles. The Hall–Kier alpha value is -2.49. The number of fused-ring (bicyclic) bond motifs is 1. The molecule has 6 nitrogen and oxygen atoms in total. The summed E-state index contributed by atoms with van der Waals surface area (Å²) >= 11 is 2.81. The molecule has 9 heteroatoms. The second-order valence-corrected chi connectivity index (χ2v) is 9.22. The first-order chi connectivity index (χ1) is 14.5. The molecule has 3 aromatic rings. The Labute approximate surface area is 181 Å². The number of para-hydroxylation sites is 1. The van der Waals surface area contributed by atoms with Crippen LogP contribution in [0.2, 0.25) is 0 Å². The number of hydrogen-bond acceptors (Lipinski definition) is 6. The number of thioether (sulfide) groups is 1. The van der Waals surface area contributed by atoms with Crippen molar-refractivity contribution in [2.75, 3.05) is 5.32 Å². The van der Waals surface area contributed by atoms with E-state index in [0.29, 0.717) is 16.4 Å². The first-order valence-corrected chi connectivity index (χ1v) is 11.4. The highest BCUT2D eigenvalue weighted by molar-refractivity contribution is 7.99. The van der Waals surface area contributed by atoms with E-state index in [2.05, 4.69) is 20.9 Å². The van der Waals surface area contributed by atoms with E-state index >= 15 is 0 Å². The molecule has 0 radical (unpaired) electrons. The van der Waals surface area contributed by atoms with Gasteiger partial charge < -0.3 is 10.6 Å². The Balaban J connectivity index is 1.31. The molecule has 3 N–H and O–H groups in total. The van der Waals surface area contributed by atoms with E-state index in [1.807, 2.05) is 31.2 Å². The number of nitrogens with zero attached hydrogens (tertiary/aromatic N) is 1. The average molecular weight is 445 g/mol. The number of nitrogens with one attached hydrogen (secondary N) is 3. The highest BCUT2D eigenvalue weighted by atomic mass is 32.2.